The molecule has 2 N–H and O–H groups in total. The number of nitrogens with zero attached hydrogens (tertiary/aromatic N) is 2. The fourth-order valence-electron chi connectivity index (χ4n) is 1.62. The van der Waals surface area contributed by atoms with Crippen LogP contribution in [0.15, 0.2) is 42.7 Å². The van der Waals surface area contributed by atoms with Crippen molar-refractivity contribution in [2.75, 3.05) is 0 Å². The summed E-state index contributed by atoms with van der Waals surface area (Å²) < 4.78 is 0. The molecule has 1 aromatic carbocycles. The third kappa shape index (κ3) is 3.26. The molecule has 0 atom stereocenters. The summed E-state index contributed by atoms with van der Waals surface area (Å²) in [5.74, 6) is -0.553. The summed E-state index contributed by atoms with van der Waals surface area (Å²) >= 11 is 0. The van der Waals surface area contributed by atoms with Gasteiger partial charge >= 0.3 is 0 Å². The van der Waals surface area contributed by atoms with Crippen molar-refractivity contribution in [1.82, 2.24) is 4.98 Å². The van der Waals surface area contributed by atoms with Gasteiger partial charge in [-0.1, -0.05) is 24.3 Å². The number of non-ortho nitro benzene ring substituents is 1. The number of carbonyl (C=O) groups excluding carboxylic acids is 1. The van der Waals surface area contributed by atoms with Gasteiger partial charge in [0, 0.05) is 24.5 Å². The Balaban J connectivity index is 2.25. The van der Waals surface area contributed by atoms with Gasteiger partial charge in [-0.3, -0.25) is 19.9 Å². The van der Waals surface area contributed by atoms with Gasteiger partial charge in [-0.25, -0.2) is 0 Å². The third-order valence-electron chi connectivity index (χ3n) is 2.59. The van der Waals surface area contributed by atoms with Crippen LogP contribution < -0.4 is 5.73 Å². The zero-order valence-corrected chi connectivity index (χ0v) is 10.4. The lowest BCUT2D eigenvalue weighted by atomic mass is 10.1. The summed E-state index contributed by atoms with van der Waals surface area (Å²) in [5.41, 5.74) is 6.87. The van der Waals surface area contributed by atoms with Gasteiger partial charge in [0.25, 0.3) is 5.69 Å². The highest BCUT2D eigenvalue weighted by atomic mass is 16.6. The van der Waals surface area contributed by atoms with Gasteiger partial charge in [0.05, 0.1) is 10.5 Å². The van der Waals surface area contributed by atoms with Crippen molar-refractivity contribution in [3.8, 4) is 0 Å². The van der Waals surface area contributed by atoms with Crippen molar-refractivity contribution in [3.05, 3.63) is 69.5 Å². The average molecular weight is 269 g/mol. The van der Waals surface area contributed by atoms with Crippen LogP contribution in [0.25, 0.3) is 12.2 Å². The number of aromatic nitrogens is 1. The second-order valence-corrected chi connectivity index (χ2v) is 4.06. The summed E-state index contributed by atoms with van der Waals surface area (Å²) in [4.78, 5) is 25.1. The van der Waals surface area contributed by atoms with Crippen LogP contribution in [-0.4, -0.2) is 15.8 Å². The highest BCUT2D eigenvalue weighted by molar-refractivity contribution is 5.93. The number of hydrogen-bond acceptors (Lipinski definition) is 4. The van der Waals surface area contributed by atoms with E-state index in [1.807, 2.05) is 0 Å². The van der Waals surface area contributed by atoms with Crippen LogP contribution in [0.5, 0.6) is 0 Å². The molecular weight excluding hydrogens is 258 g/mol. The highest BCUT2D eigenvalue weighted by Gasteiger charge is 2.04. The number of primary amides is 1. The molecule has 20 heavy (non-hydrogen) atoms. The fraction of sp³-hybridized carbons (Fsp3) is 0. The molecule has 2 rings (SSSR count). The molecule has 0 bridgehead atoms. The summed E-state index contributed by atoms with van der Waals surface area (Å²) in [6, 6.07) is 7.84. The molecule has 0 aliphatic rings. The lowest BCUT2D eigenvalue weighted by Gasteiger charge is -1.97. The molecule has 2 aromatic rings. The Hall–Kier alpha value is -3.02. The molecule has 0 unspecified atom stereocenters. The quantitative estimate of drug-likeness (QED) is 0.679. The normalized spacial score (nSPS) is 10.6. The first kappa shape index (κ1) is 13.4. The molecule has 0 aliphatic heterocycles. The van der Waals surface area contributed by atoms with Crippen LogP contribution >= 0.6 is 0 Å². The maximum Gasteiger partial charge on any atom is 0.270 e. The smallest absolute Gasteiger partial charge is 0.270 e. The van der Waals surface area contributed by atoms with E-state index in [2.05, 4.69) is 4.98 Å². The first-order valence-electron chi connectivity index (χ1n) is 5.73. The van der Waals surface area contributed by atoms with E-state index in [0.29, 0.717) is 16.7 Å². The molecule has 0 aliphatic carbocycles. The SMILES string of the molecule is NC(=O)c1cncc(/C=C/c2cccc([N+](=O)[O-])c2)c1. The van der Waals surface area contributed by atoms with Gasteiger partial charge in [-0.15, -0.1) is 0 Å². The third-order valence-corrected chi connectivity index (χ3v) is 2.59. The van der Waals surface area contributed by atoms with E-state index in [0.717, 1.165) is 0 Å². The lowest BCUT2D eigenvalue weighted by Crippen LogP contribution is -2.11. The number of benzene rings is 1. The maximum absolute atomic E-state index is 11.0. The Bertz CT molecular complexity index is 636. The average Bonchev–Trinajstić information content (AvgIpc) is 2.45. The van der Waals surface area contributed by atoms with E-state index in [1.165, 1.54) is 18.3 Å². The predicted octanol–water partition coefficient (Wildman–Crippen LogP) is 2.26. The number of rotatable bonds is 4. The van der Waals surface area contributed by atoms with E-state index in [9.17, 15) is 14.9 Å². The van der Waals surface area contributed by atoms with Crippen LogP contribution in [0.2, 0.25) is 0 Å². The summed E-state index contributed by atoms with van der Waals surface area (Å²) in [7, 11) is 0. The van der Waals surface area contributed by atoms with Crippen molar-refractivity contribution in [3.63, 3.8) is 0 Å². The highest BCUT2D eigenvalue weighted by Crippen LogP contribution is 2.15. The van der Waals surface area contributed by atoms with Crippen LogP contribution in [0.4, 0.5) is 5.69 Å². The molecule has 0 fully saturated rings. The van der Waals surface area contributed by atoms with Gasteiger partial charge in [0.2, 0.25) is 5.91 Å². The molecule has 6 nitrogen and oxygen atoms in total. The van der Waals surface area contributed by atoms with Crippen molar-refractivity contribution < 1.29 is 9.72 Å². The Morgan fingerprint density at radius 3 is 2.65 bits per heavy atom. The minimum Gasteiger partial charge on any atom is -0.366 e. The molecule has 0 radical (unpaired) electrons. The van der Waals surface area contributed by atoms with Gasteiger partial charge < -0.3 is 5.73 Å². The monoisotopic (exact) mass is 269 g/mol. The standard InChI is InChI=1S/C14H11N3O3/c15-14(18)12-6-11(8-16-9-12)5-4-10-2-1-3-13(7-10)17(19)20/h1-9H,(H2,15,18)/b5-4+. The van der Waals surface area contributed by atoms with Gasteiger partial charge in [0.15, 0.2) is 0 Å². The second kappa shape index (κ2) is 5.75. The predicted molar refractivity (Wildman–Crippen MR) is 74.8 cm³/mol. The number of pyridine rings is 1. The van der Waals surface area contributed by atoms with Gasteiger partial charge in [-0.05, 0) is 17.2 Å². The summed E-state index contributed by atoms with van der Waals surface area (Å²) in [6.45, 7) is 0. The number of carbonyl (C=O) groups is 1. The zero-order valence-electron chi connectivity index (χ0n) is 10.4. The van der Waals surface area contributed by atoms with E-state index in [4.69, 9.17) is 5.73 Å². The number of nitrogens with two attached hydrogens (primary N) is 1. The van der Waals surface area contributed by atoms with E-state index in [-0.39, 0.29) is 5.69 Å². The van der Waals surface area contributed by atoms with Gasteiger partial charge in [0.1, 0.15) is 0 Å². The second-order valence-electron chi connectivity index (χ2n) is 4.06. The van der Waals surface area contributed by atoms with E-state index in [1.54, 1.807) is 36.5 Å². The Morgan fingerprint density at radius 2 is 1.95 bits per heavy atom. The van der Waals surface area contributed by atoms with Crippen molar-refractivity contribution >= 4 is 23.7 Å². The Kier molecular flexibility index (Phi) is 3.85. The van der Waals surface area contributed by atoms with Crippen LogP contribution in [0.3, 0.4) is 0 Å². The first-order chi connectivity index (χ1) is 9.56. The number of nitro groups is 1. The topological polar surface area (TPSA) is 99.1 Å². The number of amides is 1. The van der Waals surface area contributed by atoms with Crippen LogP contribution in [0.1, 0.15) is 21.5 Å². The van der Waals surface area contributed by atoms with Crippen molar-refractivity contribution in [1.29, 1.82) is 0 Å². The Labute approximate surface area is 114 Å². The van der Waals surface area contributed by atoms with E-state index >= 15 is 0 Å². The molecule has 0 saturated carbocycles. The van der Waals surface area contributed by atoms with E-state index < -0.39 is 10.8 Å². The number of nitro benzene ring substituents is 1. The minimum atomic E-state index is -0.553. The first-order valence-corrected chi connectivity index (χ1v) is 5.73. The van der Waals surface area contributed by atoms with Crippen molar-refractivity contribution in [2.45, 2.75) is 0 Å². The minimum absolute atomic E-state index is 0.0242. The lowest BCUT2D eigenvalue weighted by molar-refractivity contribution is -0.384. The molecule has 1 heterocycles. The fourth-order valence-corrected chi connectivity index (χ4v) is 1.62. The molecule has 100 valence electrons. The number of hydrogen-bond donors (Lipinski definition) is 1. The van der Waals surface area contributed by atoms with Crippen molar-refractivity contribution in [2.24, 2.45) is 5.73 Å². The molecule has 6 heteroatoms. The van der Waals surface area contributed by atoms with Crippen LogP contribution in [-0.2, 0) is 0 Å². The largest absolute Gasteiger partial charge is 0.366 e. The molecular formula is C14H11N3O3. The molecule has 1 amide bonds. The molecule has 0 saturated heterocycles. The molecule has 0 spiro atoms. The zero-order chi connectivity index (χ0) is 14.5. The van der Waals surface area contributed by atoms with Crippen LogP contribution in [0, 0.1) is 10.1 Å². The summed E-state index contributed by atoms with van der Waals surface area (Å²) in [6.07, 6.45) is 6.36. The van der Waals surface area contributed by atoms with Gasteiger partial charge in [-0.2, -0.15) is 0 Å². The maximum atomic E-state index is 11.0. The Morgan fingerprint density at radius 1 is 1.20 bits per heavy atom. The molecule has 1 aromatic heterocycles. The summed E-state index contributed by atoms with van der Waals surface area (Å²) in [5, 5.41) is 10.7.